The van der Waals surface area contributed by atoms with Gasteiger partial charge < -0.3 is 5.32 Å². The fraction of sp³-hybridized carbons (Fsp3) is 0.167. The van der Waals surface area contributed by atoms with E-state index in [1.165, 1.54) is 24.3 Å². The molecule has 0 bridgehead atoms. The number of benzene rings is 1. The first kappa shape index (κ1) is 17.8. The topological polar surface area (TPSA) is 94.0 Å². The van der Waals surface area contributed by atoms with Crippen molar-refractivity contribution in [2.45, 2.75) is 18.7 Å². The normalized spacial score (nSPS) is 11.3. The number of sulfone groups is 1. The number of rotatable bonds is 4. The minimum atomic E-state index is -3.29. The number of aryl methyl sites for hydroxylation is 2. The zero-order valence-electron chi connectivity index (χ0n) is 14.6. The lowest BCUT2D eigenvalue weighted by molar-refractivity contribution is 0.102. The molecular weight excluding hydrogens is 352 g/mol. The molecule has 1 amide bonds. The summed E-state index contributed by atoms with van der Waals surface area (Å²) in [5.41, 5.74) is 2.77. The Morgan fingerprint density at radius 1 is 1.08 bits per heavy atom. The summed E-state index contributed by atoms with van der Waals surface area (Å²) in [6, 6.07) is 11.2. The van der Waals surface area contributed by atoms with Crippen LogP contribution in [0.4, 0.5) is 5.69 Å². The second kappa shape index (κ2) is 6.72. The summed E-state index contributed by atoms with van der Waals surface area (Å²) in [5, 5.41) is 7.10. The molecule has 0 saturated carbocycles. The summed E-state index contributed by atoms with van der Waals surface area (Å²) in [6.07, 6.45) is 2.67. The number of aromatic nitrogens is 3. The van der Waals surface area contributed by atoms with Gasteiger partial charge >= 0.3 is 0 Å². The minimum Gasteiger partial charge on any atom is -0.321 e. The van der Waals surface area contributed by atoms with E-state index in [-0.39, 0.29) is 10.8 Å². The van der Waals surface area contributed by atoms with Crippen molar-refractivity contribution in [1.82, 2.24) is 14.8 Å². The van der Waals surface area contributed by atoms with Crippen molar-refractivity contribution in [3.05, 3.63) is 65.6 Å². The van der Waals surface area contributed by atoms with Crippen LogP contribution in [0.15, 0.2) is 53.6 Å². The minimum absolute atomic E-state index is 0.171. The molecule has 1 aromatic carbocycles. The van der Waals surface area contributed by atoms with E-state index in [4.69, 9.17) is 0 Å². The van der Waals surface area contributed by atoms with Crippen LogP contribution in [0.25, 0.3) is 5.82 Å². The highest BCUT2D eigenvalue weighted by atomic mass is 32.2. The molecule has 8 heteroatoms. The molecule has 0 unspecified atom stereocenters. The van der Waals surface area contributed by atoms with Crippen molar-refractivity contribution in [3.8, 4) is 5.82 Å². The third-order valence-electron chi connectivity index (χ3n) is 3.78. The van der Waals surface area contributed by atoms with Crippen LogP contribution in [0.2, 0.25) is 0 Å². The maximum Gasteiger partial charge on any atom is 0.255 e. The Kier molecular flexibility index (Phi) is 4.60. The summed E-state index contributed by atoms with van der Waals surface area (Å²) < 4.78 is 24.7. The van der Waals surface area contributed by atoms with Crippen molar-refractivity contribution < 1.29 is 13.2 Å². The fourth-order valence-electron chi connectivity index (χ4n) is 2.50. The standard InChI is InChI=1S/C18H18N4O3S/c1-12-10-13(2)22(21-12)17-9-6-15(11-19-17)20-18(23)14-4-7-16(8-5-14)26(3,24)25/h4-11H,1-3H3,(H,20,23). The first-order chi connectivity index (χ1) is 12.2. The molecule has 1 N–H and O–H groups in total. The summed E-state index contributed by atoms with van der Waals surface area (Å²) in [4.78, 5) is 16.8. The summed E-state index contributed by atoms with van der Waals surface area (Å²) in [6.45, 7) is 3.85. The largest absolute Gasteiger partial charge is 0.321 e. The zero-order valence-corrected chi connectivity index (χ0v) is 15.4. The Balaban J connectivity index is 1.74. The lowest BCUT2D eigenvalue weighted by atomic mass is 10.2. The lowest BCUT2D eigenvalue weighted by Crippen LogP contribution is -2.12. The highest BCUT2D eigenvalue weighted by Crippen LogP contribution is 2.15. The SMILES string of the molecule is Cc1cc(C)n(-c2ccc(NC(=O)c3ccc(S(C)(=O)=O)cc3)cn2)n1. The van der Waals surface area contributed by atoms with Crippen LogP contribution in [-0.2, 0) is 9.84 Å². The van der Waals surface area contributed by atoms with Crippen LogP contribution < -0.4 is 5.32 Å². The van der Waals surface area contributed by atoms with Crippen molar-refractivity contribution in [2.75, 3.05) is 11.6 Å². The number of nitrogens with zero attached hydrogens (tertiary/aromatic N) is 3. The zero-order chi connectivity index (χ0) is 18.9. The van der Waals surface area contributed by atoms with Gasteiger partial charge in [0.15, 0.2) is 15.7 Å². The summed E-state index contributed by atoms with van der Waals surface area (Å²) in [5.74, 6) is 0.316. The van der Waals surface area contributed by atoms with Gasteiger partial charge in [0.2, 0.25) is 0 Å². The van der Waals surface area contributed by atoms with Gasteiger partial charge in [0.05, 0.1) is 22.5 Å². The average molecular weight is 370 g/mol. The van der Waals surface area contributed by atoms with Gasteiger partial charge in [-0.3, -0.25) is 4.79 Å². The second-order valence-corrected chi connectivity index (χ2v) is 8.01. The van der Waals surface area contributed by atoms with E-state index in [1.807, 2.05) is 19.9 Å². The van der Waals surface area contributed by atoms with E-state index in [0.717, 1.165) is 17.6 Å². The van der Waals surface area contributed by atoms with Crippen LogP contribution in [0.5, 0.6) is 0 Å². The molecule has 3 aromatic rings. The van der Waals surface area contributed by atoms with E-state index in [9.17, 15) is 13.2 Å². The van der Waals surface area contributed by atoms with E-state index in [2.05, 4.69) is 15.4 Å². The van der Waals surface area contributed by atoms with Gasteiger partial charge in [0.1, 0.15) is 0 Å². The molecule has 134 valence electrons. The number of amides is 1. The van der Waals surface area contributed by atoms with Gasteiger partial charge in [-0.05, 0) is 56.3 Å². The second-order valence-electron chi connectivity index (χ2n) is 5.99. The van der Waals surface area contributed by atoms with E-state index >= 15 is 0 Å². The Hall–Kier alpha value is -3.00. The Morgan fingerprint density at radius 2 is 1.77 bits per heavy atom. The molecule has 0 fully saturated rings. The third kappa shape index (κ3) is 3.80. The maximum absolute atomic E-state index is 12.3. The predicted octanol–water partition coefficient (Wildman–Crippen LogP) is 2.54. The summed E-state index contributed by atoms with van der Waals surface area (Å²) in [7, 11) is -3.29. The number of hydrogen-bond acceptors (Lipinski definition) is 5. The van der Waals surface area contributed by atoms with Crippen molar-refractivity contribution in [1.29, 1.82) is 0 Å². The quantitative estimate of drug-likeness (QED) is 0.762. The molecule has 0 radical (unpaired) electrons. The van der Waals surface area contributed by atoms with Crippen LogP contribution in [0.1, 0.15) is 21.7 Å². The molecule has 2 heterocycles. The fourth-order valence-corrected chi connectivity index (χ4v) is 3.13. The number of hydrogen-bond donors (Lipinski definition) is 1. The van der Waals surface area contributed by atoms with Crippen molar-refractivity contribution in [3.63, 3.8) is 0 Å². The average Bonchev–Trinajstić information content (AvgIpc) is 2.93. The molecule has 26 heavy (non-hydrogen) atoms. The molecule has 0 aliphatic heterocycles. The monoisotopic (exact) mass is 370 g/mol. The Labute approximate surface area is 151 Å². The highest BCUT2D eigenvalue weighted by Gasteiger charge is 2.11. The van der Waals surface area contributed by atoms with E-state index in [1.54, 1.807) is 23.0 Å². The molecule has 2 aromatic heterocycles. The molecule has 0 spiro atoms. The maximum atomic E-state index is 12.3. The number of anilines is 1. The molecule has 0 aliphatic carbocycles. The van der Waals surface area contributed by atoms with Gasteiger partial charge in [-0.1, -0.05) is 0 Å². The first-order valence-corrected chi connectivity index (χ1v) is 9.74. The molecule has 7 nitrogen and oxygen atoms in total. The molecule has 0 atom stereocenters. The van der Waals surface area contributed by atoms with E-state index in [0.29, 0.717) is 17.1 Å². The van der Waals surface area contributed by atoms with Crippen LogP contribution in [0.3, 0.4) is 0 Å². The van der Waals surface area contributed by atoms with Crippen LogP contribution in [-0.4, -0.2) is 35.3 Å². The smallest absolute Gasteiger partial charge is 0.255 e. The predicted molar refractivity (Wildman–Crippen MR) is 98.3 cm³/mol. The van der Waals surface area contributed by atoms with Crippen LogP contribution in [0, 0.1) is 13.8 Å². The lowest BCUT2D eigenvalue weighted by Gasteiger charge is -2.07. The van der Waals surface area contributed by atoms with Crippen LogP contribution >= 0.6 is 0 Å². The van der Waals surface area contributed by atoms with Crippen molar-refractivity contribution >= 4 is 21.4 Å². The molecule has 0 aliphatic rings. The first-order valence-electron chi connectivity index (χ1n) is 7.85. The number of carbonyl (C=O) groups is 1. The molecular formula is C18H18N4O3S. The van der Waals surface area contributed by atoms with Gasteiger partial charge in [-0.25, -0.2) is 18.1 Å². The molecule has 3 rings (SSSR count). The van der Waals surface area contributed by atoms with Gasteiger partial charge in [0, 0.05) is 17.5 Å². The Bertz CT molecular complexity index is 1050. The third-order valence-corrected chi connectivity index (χ3v) is 4.91. The number of pyridine rings is 1. The summed E-state index contributed by atoms with van der Waals surface area (Å²) >= 11 is 0. The number of nitrogens with one attached hydrogen (secondary N) is 1. The Morgan fingerprint density at radius 3 is 2.27 bits per heavy atom. The highest BCUT2D eigenvalue weighted by molar-refractivity contribution is 7.90. The van der Waals surface area contributed by atoms with Crippen molar-refractivity contribution in [2.24, 2.45) is 0 Å². The van der Waals surface area contributed by atoms with Gasteiger partial charge in [-0.2, -0.15) is 5.10 Å². The molecule has 0 saturated heterocycles. The van der Waals surface area contributed by atoms with Gasteiger partial charge in [-0.15, -0.1) is 0 Å². The number of carbonyl (C=O) groups excluding carboxylic acids is 1. The van der Waals surface area contributed by atoms with Gasteiger partial charge in [0.25, 0.3) is 5.91 Å². The van der Waals surface area contributed by atoms with E-state index < -0.39 is 9.84 Å².